The highest BCUT2D eigenvalue weighted by Gasteiger charge is 2.12. The fourth-order valence-corrected chi connectivity index (χ4v) is 1.15. The SMILES string of the molecule is Cc1ccc(NC(=O)C(O)CN)cc1C. The van der Waals surface area contributed by atoms with Gasteiger partial charge in [0.25, 0.3) is 5.91 Å². The molecule has 1 aromatic rings. The van der Waals surface area contributed by atoms with Gasteiger partial charge in [-0.05, 0) is 37.1 Å². The average molecular weight is 208 g/mol. The summed E-state index contributed by atoms with van der Waals surface area (Å²) < 4.78 is 0. The molecular formula is C11H16N2O2. The predicted molar refractivity (Wildman–Crippen MR) is 59.6 cm³/mol. The standard InChI is InChI=1S/C11H16N2O2/c1-7-3-4-9(5-8(7)2)13-11(15)10(14)6-12/h3-5,10,14H,6,12H2,1-2H3,(H,13,15). The fourth-order valence-electron chi connectivity index (χ4n) is 1.15. The van der Waals surface area contributed by atoms with Gasteiger partial charge in [0.2, 0.25) is 0 Å². The molecule has 0 heterocycles. The summed E-state index contributed by atoms with van der Waals surface area (Å²) in [7, 11) is 0. The molecule has 0 aromatic heterocycles. The molecule has 1 atom stereocenters. The molecule has 0 fully saturated rings. The van der Waals surface area contributed by atoms with Crippen molar-refractivity contribution >= 4 is 11.6 Å². The second-order valence-corrected chi connectivity index (χ2v) is 3.54. The predicted octanol–water partition coefficient (Wildman–Crippen LogP) is 0.562. The monoisotopic (exact) mass is 208 g/mol. The molecule has 0 spiro atoms. The molecule has 4 N–H and O–H groups in total. The molecule has 82 valence electrons. The van der Waals surface area contributed by atoms with E-state index < -0.39 is 12.0 Å². The van der Waals surface area contributed by atoms with E-state index in [2.05, 4.69) is 5.32 Å². The number of aliphatic hydroxyl groups is 1. The molecule has 15 heavy (non-hydrogen) atoms. The summed E-state index contributed by atoms with van der Waals surface area (Å²) in [5.74, 6) is -0.472. The third-order valence-electron chi connectivity index (χ3n) is 2.30. The number of benzene rings is 1. The van der Waals surface area contributed by atoms with Crippen molar-refractivity contribution in [3.8, 4) is 0 Å². The zero-order valence-corrected chi connectivity index (χ0v) is 8.95. The van der Waals surface area contributed by atoms with Gasteiger partial charge in [-0.15, -0.1) is 0 Å². The number of rotatable bonds is 3. The van der Waals surface area contributed by atoms with Gasteiger partial charge in [-0.25, -0.2) is 0 Å². The topological polar surface area (TPSA) is 75.3 Å². The van der Waals surface area contributed by atoms with Crippen LogP contribution in [0.15, 0.2) is 18.2 Å². The minimum atomic E-state index is -1.15. The van der Waals surface area contributed by atoms with Crippen molar-refractivity contribution in [1.82, 2.24) is 0 Å². The molecule has 0 bridgehead atoms. The lowest BCUT2D eigenvalue weighted by molar-refractivity contribution is -0.123. The summed E-state index contributed by atoms with van der Waals surface area (Å²) in [5.41, 5.74) is 8.10. The lowest BCUT2D eigenvalue weighted by Gasteiger charge is -2.10. The molecule has 0 saturated heterocycles. The summed E-state index contributed by atoms with van der Waals surface area (Å²) in [6.45, 7) is 3.89. The molecule has 4 heteroatoms. The van der Waals surface area contributed by atoms with Gasteiger partial charge in [0.05, 0.1) is 0 Å². The van der Waals surface area contributed by atoms with E-state index in [1.165, 1.54) is 0 Å². The summed E-state index contributed by atoms with van der Waals surface area (Å²) in [6, 6.07) is 5.57. The van der Waals surface area contributed by atoms with Crippen LogP contribution in [0.1, 0.15) is 11.1 Å². The number of aryl methyl sites for hydroxylation is 2. The Bertz CT molecular complexity index is 364. The number of nitrogens with two attached hydrogens (primary N) is 1. The highest BCUT2D eigenvalue weighted by molar-refractivity contribution is 5.94. The largest absolute Gasteiger partial charge is 0.382 e. The van der Waals surface area contributed by atoms with Crippen molar-refractivity contribution in [2.24, 2.45) is 5.73 Å². The van der Waals surface area contributed by atoms with Gasteiger partial charge in [-0.3, -0.25) is 4.79 Å². The zero-order chi connectivity index (χ0) is 11.4. The van der Waals surface area contributed by atoms with E-state index in [0.29, 0.717) is 5.69 Å². The van der Waals surface area contributed by atoms with E-state index in [4.69, 9.17) is 5.73 Å². The van der Waals surface area contributed by atoms with E-state index in [9.17, 15) is 9.90 Å². The van der Waals surface area contributed by atoms with E-state index in [1.807, 2.05) is 26.0 Å². The normalized spacial score (nSPS) is 12.3. The number of hydrogen-bond acceptors (Lipinski definition) is 3. The van der Waals surface area contributed by atoms with Crippen molar-refractivity contribution in [3.05, 3.63) is 29.3 Å². The molecule has 1 amide bonds. The lowest BCUT2D eigenvalue weighted by Crippen LogP contribution is -2.34. The van der Waals surface area contributed by atoms with Crippen molar-refractivity contribution in [3.63, 3.8) is 0 Å². The van der Waals surface area contributed by atoms with Crippen LogP contribution in [-0.2, 0) is 4.79 Å². The first-order valence-electron chi connectivity index (χ1n) is 4.81. The number of carbonyl (C=O) groups is 1. The van der Waals surface area contributed by atoms with Gasteiger partial charge >= 0.3 is 0 Å². The Hall–Kier alpha value is -1.39. The van der Waals surface area contributed by atoms with E-state index in [1.54, 1.807) is 6.07 Å². The molecule has 1 aromatic carbocycles. The maximum Gasteiger partial charge on any atom is 0.254 e. The second-order valence-electron chi connectivity index (χ2n) is 3.54. The molecule has 4 nitrogen and oxygen atoms in total. The van der Waals surface area contributed by atoms with Gasteiger partial charge in [0.15, 0.2) is 0 Å². The molecule has 0 saturated carbocycles. The average Bonchev–Trinajstić information content (AvgIpc) is 2.22. The third kappa shape index (κ3) is 3.04. The third-order valence-corrected chi connectivity index (χ3v) is 2.30. The summed E-state index contributed by atoms with van der Waals surface area (Å²) in [6.07, 6.45) is -1.15. The van der Waals surface area contributed by atoms with Crippen LogP contribution < -0.4 is 11.1 Å². The number of anilines is 1. The Labute approximate surface area is 89.1 Å². The molecule has 1 rings (SSSR count). The minimum absolute atomic E-state index is 0.0727. The number of aliphatic hydroxyl groups excluding tert-OH is 1. The zero-order valence-electron chi connectivity index (χ0n) is 8.95. The number of carbonyl (C=O) groups excluding carboxylic acids is 1. The first kappa shape index (κ1) is 11.7. The number of amides is 1. The minimum Gasteiger partial charge on any atom is -0.382 e. The Morgan fingerprint density at radius 2 is 2.13 bits per heavy atom. The Morgan fingerprint density at radius 1 is 1.47 bits per heavy atom. The summed E-state index contributed by atoms with van der Waals surface area (Å²) in [4.78, 5) is 11.3. The van der Waals surface area contributed by atoms with Crippen molar-refractivity contribution in [2.75, 3.05) is 11.9 Å². The van der Waals surface area contributed by atoms with Crippen molar-refractivity contribution in [1.29, 1.82) is 0 Å². The Morgan fingerprint density at radius 3 is 2.67 bits per heavy atom. The van der Waals surface area contributed by atoms with Gasteiger partial charge in [0.1, 0.15) is 6.10 Å². The van der Waals surface area contributed by atoms with Gasteiger partial charge in [-0.2, -0.15) is 0 Å². The smallest absolute Gasteiger partial charge is 0.254 e. The quantitative estimate of drug-likeness (QED) is 0.679. The highest BCUT2D eigenvalue weighted by Crippen LogP contribution is 2.14. The van der Waals surface area contributed by atoms with E-state index in [-0.39, 0.29) is 6.54 Å². The van der Waals surface area contributed by atoms with Crippen LogP contribution in [0.4, 0.5) is 5.69 Å². The van der Waals surface area contributed by atoms with Crippen LogP contribution in [0.3, 0.4) is 0 Å². The van der Waals surface area contributed by atoms with Crippen LogP contribution in [0, 0.1) is 13.8 Å². The number of hydrogen-bond donors (Lipinski definition) is 3. The maximum atomic E-state index is 11.3. The maximum absolute atomic E-state index is 11.3. The Balaban J connectivity index is 2.73. The van der Waals surface area contributed by atoms with Crippen LogP contribution in [0.2, 0.25) is 0 Å². The van der Waals surface area contributed by atoms with Crippen LogP contribution in [0.25, 0.3) is 0 Å². The first-order valence-corrected chi connectivity index (χ1v) is 4.81. The van der Waals surface area contributed by atoms with Gasteiger partial charge < -0.3 is 16.2 Å². The fraction of sp³-hybridized carbons (Fsp3) is 0.364. The highest BCUT2D eigenvalue weighted by atomic mass is 16.3. The lowest BCUT2D eigenvalue weighted by atomic mass is 10.1. The van der Waals surface area contributed by atoms with Crippen LogP contribution in [0.5, 0.6) is 0 Å². The van der Waals surface area contributed by atoms with E-state index >= 15 is 0 Å². The number of nitrogens with one attached hydrogen (secondary N) is 1. The van der Waals surface area contributed by atoms with Crippen molar-refractivity contribution in [2.45, 2.75) is 20.0 Å². The van der Waals surface area contributed by atoms with Crippen LogP contribution in [-0.4, -0.2) is 23.7 Å². The van der Waals surface area contributed by atoms with Crippen LogP contribution >= 0.6 is 0 Å². The van der Waals surface area contributed by atoms with E-state index in [0.717, 1.165) is 11.1 Å². The molecule has 0 aliphatic carbocycles. The molecule has 0 radical (unpaired) electrons. The first-order chi connectivity index (χ1) is 7.04. The second kappa shape index (κ2) is 4.91. The van der Waals surface area contributed by atoms with Gasteiger partial charge in [0, 0.05) is 12.2 Å². The summed E-state index contributed by atoms with van der Waals surface area (Å²) in [5, 5.41) is 11.8. The van der Waals surface area contributed by atoms with Gasteiger partial charge in [-0.1, -0.05) is 6.07 Å². The molecule has 0 aliphatic heterocycles. The summed E-state index contributed by atoms with van der Waals surface area (Å²) >= 11 is 0. The Kier molecular flexibility index (Phi) is 3.82. The molecular weight excluding hydrogens is 192 g/mol. The molecule has 0 aliphatic rings. The molecule has 1 unspecified atom stereocenters. The van der Waals surface area contributed by atoms with Crippen molar-refractivity contribution < 1.29 is 9.90 Å².